The summed E-state index contributed by atoms with van der Waals surface area (Å²) in [7, 11) is -4.61. The predicted octanol–water partition coefficient (Wildman–Crippen LogP) is -6.83. The average molecular weight is 160 g/mol. The Morgan fingerprint density at radius 1 is 1.00 bits per heavy atom. The summed E-state index contributed by atoms with van der Waals surface area (Å²) in [4.78, 5) is 29.3. The fourth-order valence-corrected chi connectivity index (χ4v) is 0. The first-order valence-corrected chi connectivity index (χ1v) is 2.68. The van der Waals surface area contributed by atoms with Gasteiger partial charge in [0.1, 0.15) is 0 Å². The van der Waals surface area contributed by atoms with Gasteiger partial charge in [0.05, 0.1) is 0 Å². The molecule has 0 saturated heterocycles. The quantitative estimate of drug-likeness (QED) is 0.266. The zero-order valence-corrected chi connectivity index (χ0v) is 6.41. The second kappa shape index (κ2) is 8.95. The van der Waals surface area contributed by atoms with Crippen molar-refractivity contribution >= 4 is 49.5 Å². The van der Waals surface area contributed by atoms with Crippen molar-refractivity contribution in [2.24, 2.45) is 0 Å². The Morgan fingerprint density at radius 3 is 1.00 bits per heavy atom. The molecule has 0 aliphatic rings. The van der Waals surface area contributed by atoms with Crippen LogP contribution in [0.3, 0.4) is 0 Å². The summed E-state index contributed by atoms with van der Waals surface area (Å²) < 4.78 is 0. The van der Waals surface area contributed by atoms with E-state index in [9.17, 15) is 0 Å². The summed E-state index contributed by atoms with van der Waals surface area (Å²) in [5.74, 6) is 0. The van der Waals surface area contributed by atoms with Crippen LogP contribution in [0.1, 0.15) is 4.28 Å². The van der Waals surface area contributed by atoms with Gasteiger partial charge in [-0.05, 0) is 0 Å². The normalized spacial score (nSPS) is 7.50. The van der Waals surface area contributed by atoms with Gasteiger partial charge in [0.25, 0.3) is 0 Å². The van der Waals surface area contributed by atoms with E-state index in [-0.39, 0.29) is 63.6 Å². The van der Waals surface area contributed by atoms with Crippen LogP contribution in [0.2, 0.25) is 0 Å². The van der Waals surface area contributed by atoms with Gasteiger partial charge in [-0.25, -0.2) is 0 Å². The monoisotopic (exact) mass is 160 g/mol. The zero-order valence-electron chi connectivity index (χ0n) is 7.00. The van der Waals surface area contributed by atoms with E-state index in [1.165, 1.54) is 0 Å². The zero-order chi connectivity index (χ0) is 4.50. The molecule has 4 nitrogen and oxygen atoms in total. The minimum Gasteiger partial charge on any atom is -1.00 e. The standard InChI is InChI=1S/Al.Li.Mg.H4O4Si.6H/c;;;1-5(2,3)4;;;;;;/h;;;1-4H;;;;;;/q;+1;+2;;;;;3*-1. The molecule has 0 aromatic carbocycles. The molecule has 0 unspecified atom stereocenters. The van der Waals surface area contributed by atoms with Crippen molar-refractivity contribution < 1.29 is 42.3 Å². The molecule has 4 N–H and O–H groups in total. The van der Waals surface area contributed by atoms with Gasteiger partial charge in [-0.2, -0.15) is 0 Å². The van der Waals surface area contributed by atoms with Gasteiger partial charge < -0.3 is 23.5 Å². The molecule has 0 radical (unpaired) electrons. The van der Waals surface area contributed by atoms with Crippen LogP contribution in [0.4, 0.5) is 0 Å². The van der Waals surface area contributed by atoms with Crippen molar-refractivity contribution in [2.75, 3.05) is 0 Å². The van der Waals surface area contributed by atoms with Crippen molar-refractivity contribution in [1.82, 2.24) is 0 Å². The molecule has 0 fully saturated rings. The van der Waals surface area contributed by atoms with Crippen LogP contribution >= 0.6 is 0 Å². The third-order valence-corrected chi connectivity index (χ3v) is 0. The smallest absolute Gasteiger partial charge is 1.00 e. The molecule has 0 aromatic rings. The minimum absolute atomic E-state index is 0. The van der Waals surface area contributed by atoms with E-state index in [0.29, 0.717) is 0 Å². The summed E-state index contributed by atoms with van der Waals surface area (Å²) in [6, 6.07) is 0. The molecule has 0 atom stereocenters. The maximum absolute atomic E-state index is 7.33. The first-order chi connectivity index (χ1) is 2.00. The molecule has 0 aliphatic heterocycles. The Labute approximate surface area is 91.3 Å². The van der Waals surface area contributed by atoms with E-state index in [2.05, 4.69) is 0 Å². The Bertz CT molecular complexity index is 40.8. The molecule has 0 aliphatic carbocycles. The van der Waals surface area contributed by atoms with Crippen LogP contribution in [0.15, 0.2) is 0 Å². The number of hydrogen-bond donors (Lipinski definition) is 4. The molecule has 0 spiro atoms. The SMILES string of the molecule is O[Si](O)(O)O.[AlH3].[H-].[H-].[H-].[Li+].[Mg+2]. The van der Waals surface area contributed by atoms with Crippen LogP contribution in [0.5, 0.6) is 0 Å². The second-order valence-electron chi connectivity index (χ2n) is 0.600. The van der Waals surface area contributed by atoms with Gasteiger partial charge in [-0.1, -0.05) is 0 Å². The molecule has 8 heavy (non-hydrogen) atoms. The molecule has 0 bridgehead atoms. The first kappa shape index (κ1) is 22.5. The Kier molecular flexibility index (Phi) is 25.2. The first-order valence-electron chi connectivity index (χ1n) is 0.894. The van der Waals surface area contributed by atoms with E-state index < -0.39 is 9.05 Å². The molecule has 0 rings (SSSR count). The van der Waals surface area contributed by atoms with Gasteiger partial charge in [0.2, 0.25) is 0 Å². The maximum Gasteiger partial charge on any atom is 2.00 e. The number of rotatable bonds is 0. The third-order valence-electron chi connectivity index (χ3n) is 0. The summed E-state index contributed by atoms with van der Waals surface area (Å²) in [6.07, 6.45) is 0. The van der Waals surface area contributed by atoms with Gasteiger partial charge in [-0.3, -0.25) is 0 Å². The fourth-order valence-electron chi connectivity index (χ4n) is 0. The molecular formula is H10AlLiMgO4Si. The predicted molar refractivity (Wildman–Crippen MR) is 33.7 cm³/mol. The Hall–Kier alpha value is 1.95. The van der Waals surface area contributed by atoms with E-state index in [0.717, 1.165) is 0 Å². The van der Waals surface area contributed by atoms with Crippen molar-refractivity contribution in [3.8, 4) is 0 Å². The summed E-state index contributed by atoms with van der Waals surface area (Å²) in [6.45, 7) is 0. The number of hydrogen-bond acceptors (Lipinski definition) is 4. The van der Waals surface area contributed by atoms with Crippen LogP contribution in [-0.4, -0.2) is 68.6 Å². The van der Waals surface area contributed by atoms with Crippen molar-refractivity contribution in [3.05, 3.63) is 0 Å². The Morgan fingerprint density at radius 2 is 1.00 bits per heavy atom. The topological polar surface area (TPSA) is 80.9 Å². The van der Waals surface area contributed by atoms with Crippen molar-refractivity contribution in [1.29, 1.82) is 0 Å². The molecular weight excluding hydrogens is 150 g/mol. The van der Waals surface area contributed by atoms with E-state index >= 15 is 0 Å². The van der Waals surface area contributed by atoms with Crippen LogP contribution < -0.4 is 18.9 Å². The van der Waals surface area contributed by atoms with E-state index in [4.69, 9.17) is 19.2 Å². The average Bonchev–Trinajstić information content (AvgIpc) is 0.722. The largest absolute Gasteiger partial charge is 2.00 e. The van der Waals surface area contributed by atoms with Gasteiger partial charge in [-0.15, -0.1) is 0 Å². The Balaban J connectivity index is -0.00000000533. The fraction of sp³-hybridized carbons (Fsp3) is 0. The molecule has 44 valence electrons. The summed E-state index contributed by atoms with van der Waals surface area (Å²) in [5, 5.41) is 0. The van der Waals surface area contributed by atoms with Crippen molar-refractivity contribution in [2.45, 2.75) is 0 Å². The maximum atomic E-state index is 7.33. The molecule has 0 saturated carbocycles. The van der Waals surface area contributed by atoms with Crippen molar-refractivity contribution in [3.63, 3.8) is 0 Å². The van der Waals surface area contributed by atoms with Crippen LogP contribution in [0.25, 0.3) is 0 Å². The molecule has 0 heterocycles. The summed E-state index contributed by atoms with van der Waals surface area (Å²) in [5.41, 5.74) is 0. The van der Waals surface area contributed by atoms with E-state index in [1.54, 1.807) is 0 Å². The van der Waals surface area contributed by atoms with Gasteiger partial charge >= 0.3 is 51.0 Å². The third kappa shape index (κ3) is 101. The van der Waals surface area contributed by atoms with E-state index in [1.807, 2.05) is 0 Å². The minimum atomic E-state index is -4.61. The molecule has 0 amide bonds. The second-order valence-corrected chi connectivity index (χ2v) is 1.80. The summed E-state index contributed by atoms with van der Waals surface area (Å²) >= 11 is 0. The molecule has 8 heteroatoms. The molecule has 0 aromatic heterocycles. The van der Waals surface area contributed by atoms with Crippen LogP contribution in [-0.2, 0) is 0 Å². The van der Waals surface area contributed by atoms with Gasteiger partial charge in [0.15, 0.2) is 17.4 Å². The van der Waals surface area contributed by atoms with Crippen LogP contribution in [0, 0.1) is 0 Å². The van der Waals surface area contributed by atoms with Gasteiger partial charge in [0, 0.05) is 0 Å².